The molecule has 0 saturated heterocycles. The van der Waals surface area contributed by atoms with Gasteiger partial charge in [0.15, 0.2) is 0 Å². The van der Waals surface area contributed by atoms with E-state index in [0.717, 1.165) is 18.4 Å². The summed E-state index contributed by atoms with van der Waals surface area (Å²) in [4.78, 5) is 0. The SMILES string of the molecule is CC(C)(C)CCC(NN)c1c(Cl)cccc1Cl. The third-order valence-corrected chi connectivity index (χ3v) is 3.39. The Kier molecular flexibility index (Phi) is 5.26. The Bertz CT molecular complexity index is 352. The van der Waals surface area contributed by atoms with E-state index in [4.69, 9.17) is 29.0 Å². The van der Waals surface area contributed by atoms with Gasteiger partial charge in [0.05, 0.1) is 0 Å². The summed E-state index contributed by atoms with van der Waals surface area (Å²) in [6, 6.07) is 5.51. The van der Waals surface area contributed by atoms with Crippen LogP contribution >= 0.6 is 23.2 Å². The second-order valence-electron chi connectivity index (χ2n) is 5.45. The molecule has 0 aliphatic carbocycles. The molecule has 0 saturated carbocycles. The van der Waals surface area contributed by atoms with Gasteiger partial charge in [0, 0.05) is 21.7 Å². The topological polar surface area (TPSA) is 38.0 Å². The first-order chi connectivity index (χ1) is 7.85. The molecule has 0 radical (unpaired) electrons. The highest BCUT2D eigenvalue weighted by Crippen LogP contribution is 2.34. The number of hydrazine groups is 1. The zero-order valence-electron chi connectivity index (χ0n) is 10.6. The lowest BCUT2D eigenvalue weighted by Gasteiger charge is -2.24. The molecule has 1 aromatic rings. The standard InChI is InChI=1S/C13H20Cl2N2/c1-13(2,3)8-7-11(17-16)12-9(14)5-4-6-10(12)15/h4-6,11,17H,7-8,16H2,1-3H3. The van der Waals surface area contributed by atoms with Crippen molar-refractivity contribution in [1.29, 1.82) is 0 Å². The Morgan fingerprint density at radius 1 is 1.24 bits per heavy atom. The zero-order valence-corrected chi connectivity index (χ0v) is 12.1. The second kappa shape index (κ2) is 6.05. The zero-order chi connectivity index (χ0) is 13.1. The van der Waals surface area contributed by atoms with Gasteiger partial charge < -0.3 is 0 Å². The van der Waals surface area contributed by atoms with Crippen LogP contribution in [0.25, 0.3) is 0 Å². The van der Waals surface area contributed by atoms with Gasteiger partial charge in [-0.1, -0.05) is 50.0 Å². The van der Waals surface area contributed by atoms with Crippen LogP contribution in [0.4, 0.5) is 0 Å². The molecule has 3 N–H and O–H groups in total. The van der Waals surface area contributed by atoms with Crippen molar-refractivity contribution in [1.82, 2.24) is 5.43 Å². The van der Waals surface area contributed by atoms with Gasteiger partial charge in [-0.15, -0.1) is 0 Å². The average Bonchev–Trinajstić information content (AvgIpc) is 2.21. The Labute approximate surface area is 113 Å². The molecule has 17 heavy (non-hydrogen) atoms. The molecule has 1 unspecified atom stereocenters. The molecular weight excluding hydrogens is 255 g/mol. The molecule has 1 aromatic carbocycles. The molecule has 0 aliphatic rings. The fourth-order valence-electron chi connectivity index (χ4n) is 1.73. The molecule has 2 nitrogen and oxygen atoms in total. The Morgan fingerprint density at radius 3 is 2.18 bits per heavy atom. The van der Waals surface area contributed by atoms with Crippen LogP contribution in [0.2, 0.25) is 10.0 Å². The lowest BCUT2D eigenvalue weighted by atomic mass is 9.87. The van der Waals surface area contributed by atoms with Crippen molar-refractivity contribution < 1.29 is 0 Å². The monoisotopic (exact) mass is 274 g/mol. The minimum atomic E-state index is -0.00424. The van der Waals surface area contributed by atoms with Gasteiger partial charge in [-0.05, 0) is 30.4 Å². The molecule has 4 heteroatoms. The van der Waals surface area contributed by atoms with Gasteiger partial charge in [0.2, 0.25) is 0 Å². The number of nitrogens with one attached hydrogen (secondary N) is 1. The van der Waals surface area contributed by atoms with E-state index in [-0.39, 0.29) is 11.5 Å². The van der Waals surface area contributed by atoms with Crippen molar-refractivity contribution in [3.63, 3.8) is 0 Å². The van der Waals surface area contributed by atoms with Crippen LogP contribution < -0.4 is 11.3 Å². The van der Waals surface area contributed by atoms with Gasteiger partial charge in [-0.3, -0.25) is 11.3 Å². The van der Waals surface area contributed by atoms with Crippen LogP contribution in [-0.2, 0) is 0 Å². The lowest BCUT2D eigenvalue weighted by Crippen LogP contribution is -2.29. The third kappa shape index (κ3) is 4.47. The van der Waals surface area contributed by atoms with E-state index in [1.807, 2.05) is 18.2 Å². The number of nitrogens with two attached hydrogens (primary N) is 1. The van der Waals surface area contributed by atoms with Gasteiger partial charge in [0.25, 0.3) is 0 Å². The van der Waals surface area contributed by atoms with Crippen LogP contribution in [0.15, 0.2) is 18.2 Å². The predicted octanol–water partition coefficient (Wildman–Crippen LogP) is 4.32. The fraction of sp³-hybridized carbons (Fsp3) is 0.538. The molecule has 0 aliphatic heterocycles. The molecule has 1 atom stereocenters. The maximum atomic E-state index is 6.17. The summed E-state index contributed by atoms with van der Waals surface area (Å²) in [6.07, 6.45) is 1.95. The van der Waals surface area contributed by atoms with Crippen LogP contribution in [-0.4, -0.2) is 0 Å². The van der Waals surface area contributed by atoms with Crippen molar-refractivity contribution in [2.24, 2.45) is 11.3 Å². The van der Waals surface area contributed by atoms with Gasteiger partial charge in [-0.25, -0.2) is 0 Å². The van der Waals surface area contributed by atoms with E-state index in [2.05, 4.69) is 26.2 Å². The Hall–Kier alpha value is -0.280. The van der Waals surface area contributed by atoms with E-state index in [1.165, 1.54) is 0 Å². The maximum absolute atomic E-state index is 6.17. The van der Waals surface area contributed by atoms with Crippen molar-refractivity contribution in [2.75, 3.05) is 0 Å². The number of benzene rings is 1. The van der Waals surface area contributed by atoms with Crippen LogP contribution in [0.3, 0.4) is 0 Å². The van der Waals surface area contributed by atoms with Crippen molar-refractivity contribution >= 4 is 23.2 Å². The van der Waals surface area contributed by atoms with E-state index in [1.54, 1.807) is 0 Å². The van der Waals surface area contributed by atoms with Crippen LogP contribution in [0.5, 0.6) is 0 Å². The molecule has 0 heterocycles. The summed E-state index contributed by atoms with van der Waals surface area (Å²) in [5.74, 6) is 5.60. The van der Waals surface area contributed by atoms with Crippen molar-refractivity contribution in [3.8, 4) is 0 Å². The smallest absolute Gasteiger partial charge is 0.0489 e. The second-order valence-corrected chi connectivity index (χ2v) is 6.27. The highest BCUT2D eigenvalue weighted by molar-refractivity contribution is 6.36. The number of hydrogen-bond donors (Lipinski definition) is 2. The summed E-state index contributed by atoms with van der Waals surface area (Å²) < 4.78 is 0. The predicted molar refractivity (Wildman–Crippen MR) is 75.2 cm³/mol. The summed E-state index contributed by atoms with van der Waals surface area (Å²) in [5, 5.41) is 1.32. The van der Waals surface area contributed by atoms with Crippen molar-refractivity contribution in [3.05, 3.63) is 33.8 Å². The minimum absolute atomic E-state index is 0.00424. The lowest BCUT2D eigenvalue weighted by molar-refractivity contribution is 0.333. The van der Waals surface area contributed by atoms with Crippen LogP contribution in [0.1, 0.15) is 45.2 Å². The number of halogens is 2. The third-order valence-electron chi connectivity index (χ3n) is 2.73. The Morgan fingerprint density at radius 2 is 1.76 bits per heavy atom. The fourth-order valence-corrected chi connectivity index (χ4v) is 2.39. The molecule has 0 bridgehead atoms. The molecule has 0 aromatic heterocycles. The highest BCUT2D eigenvalue weighted by atomic mass is 35.5. The summed E-state index contributed by atoms with van der Waals surface area (Å²) in [6.45, 7) is 6.61. The highest BCUT2D eigenvalue weighted by Gasteiger charge is 2.19. The van der Waals surface area contributed by atoms with Crippen LogP contribution in [0, 0.1) is 5.41 Å². The largest absolute Gasteiger partial charge is 0.271 e. The Balaban J connectivity index is 2.87. The average molecular weight is 275 g/mol. The quantitative estimate of drug-likeness (QED) is 0.634. The van der Waals surface area contributed by atoms with Gasteiger partial charge >= 0.3 is 0 Å². The van der Waals surface area contributed by atoms with Crippen molar-refractivity contribution in [2.45, 2.75) is 39.7 Å². The first-order valence-corrected chi connectivity index (χ1v) is 6.51. The summed E-state index contributed by atoms with van der Waals surface area (Å²) >= 11 is 12.3. The van der Waals surface area contributed by atoms with E-state index in [9.17, 15) is 0 Å². The number of rotatable bonds is 4. The van der Waals surface area contributed by atoms with E-state index in [0.29, 0.717) is 10.0 Å². The maximum Gasteiger partial charge on any atom is 0.0489 e. The van der Waals surface area contributed by atoms with Gasteiger partial charge in [-0.2, -0.15) is 0 Å². The summed E-state index contributed by atoms with van der Waals surface area (Å²) in [5.41, 5.74) is 3.96. The number of hydrogen-bond acceptors (Lipinski definition) is 2. The summed E-state index contributed by atoms with van der Waals surface area (Å²) in [7, 11) is 0. The molecular formula is C13H20Cl2N2. The molecule has 0 amide bonds. The first kappa shape index (κ1) is 14.8. The van der Waals surface area contributed by atoms with E-state index >= 15 is 0 Å². The molecule has 96 valence electrons. The minimum Gasteiger partial charge on any atom is -0.271 e. The first-order valence-electron chi connectivity index (χ1n) is 5.75. The normalized spacial score (nSPS) is 13.8. The van der Waals surface area contributed by atoms with Gasteiger partial charge in [0.1, 0.15) is 0 Å². The molecule has 0 fully saturated rings. The molecule has 1 rings (SSSR count). The molecule has 0 spiro atoms. The van der Waals surface area contributed by atoms with E-state index < -0.39 is 0 Å².